The molecule has 0 aliphatic heterocycles. The summed E-state index contributed by atoms with van der Waals surface area (Å²) < 4.78 is 14.1. The number of thiazole rings is 1. The Kier molecular flexibility index (Phi) is 7.01. The lowest BCUT2D eigenvalue weighted by Gasteiger charge is -2.18. The first-order chi connectivity index (χ1) is 14.3. The minimum atomic E-state index is -0.520. The number of hydrogen-bond acceptors (Lipinski definition) is 7. The van der Waals surface area contributed by atoms with Gasteiger partial charge in [-0.05, 0) is 24.1 Å². The third-order valence-electron chi connectivity index (χ3n) is 3.79. The summed E-state index contributed by atoms with van der Waals surface area (Å²) >= 11 is 2.52. The molecule has 2 amide bonds. The third kappa shape index (κ3) is 5.55. The molecule has 0 aliphatic rings. The van der Waals surface area contributed by atoms with Gasteiger partial charge in [-0.25, -0.2) is 9.37 Å². The van der Waals surface area contributed by atoms with E-state index in [-0.39, 0.29) is 17.5 Å². The molecule has 3 aromatic rings. The van der Waals surface area contributed by atoms with Gasteiger partial charge in [-0.15, -0.1) is 21.5 Å². The highest BCUT2D eigenvalue weighted by Crippen LogP contribution is 2.31. The molecule has 0 atom stereocenters. The van der Waals surface area contributed by atoms with E-state index in [1.807, 2.05) is 0 Å². The quantitative estimate of drug-likeness (QED) is 0.534. The van der Waals surface area contributed by atoms with Crippen LogP contribution in [0.25, 0.3) is 6.08 Å². The van der Waals surface area contributed by atoms with Crippen LogP contribution in [0.4, 0.5) is 20.3 Å². The van der Waals surface area contributed by atoms with Gasteiger partial charge < -0.3 is 0 Å². The fourth-order valence-electron chi connectivity index (χ4n) is 2.54. The van der Waals surface area contributed by atoms with E-state index in [1.165, 1.54) is 58.8 Å². The summed E-state index contributed by atoms with van der Waals surface area (Å²) in [6.45, 7) is 5.51. The fraction of sp³-hybridized carbons (Fsp3) is 0.250. The number of nitrogens with one attached hydrogen (secondary N) is 1. The molecule has 0 fully saturated rings. The van der Waals surface area contributed by atoms with Crippen LogP contribution < -0.4 is 10.2 Å². The Morgan fingerprint density at radius 3 is 2.73 bits per heavy atom. The highest BCUT2D eigenvalue weighted by molar-refractivity contribution is 7.15. The van der Waals surface area contributed by atoms with Crippen LogP contribution in [-0.4, -0.2) is 27.0 Å². The monoisotopic (exact) mass is 445 g/mol. The molecule has 0 aliphatic carbocycles. The zero-order chi connectivity index (χ0) is 21.7. The summed E-state index contributed by atoms with van der Waals surface area (Å²) in [4.78, 5) is 29.7. The van der Waals surface area contributed by atoms with Crippen LogP contribution in [0.5, 0.6) is 0 Å². The summed E-state index contributed by atoms with van der Waals surface area (Å²) in [6, 6.07) is 5.99. The number of amides is 2. The van der Waals surface area contributed by atoms with Gasteiger partial charge in [0.15, 0.2) is 5.13 Å². The van der Waals surface area contributed by atoms with Crippen LogP contribution in [0.1, 0.15) is 31.5 Å². The molecule has 3 rings (SSSR count). The van der Waals surface area contributed by atoms with E-state index >= 15 is 0 Å². The number of benzene rings is 1. The van der Waals surface area contributed by atoms with Crippen molar-refractivity contribution in [1.82, 2.24) is 15.2 Å². The van der Waals surface area contributed by atoms with Crippen molar-refractivity contribution in [1.29, 1.82) is 0 Å². The Morgan fingerprint density at radius 1 is 1.27 bits per heavy atom. The first kappa shape index (κ1) is 21.7. The molecule has 0 saturated heterocycles. The largest absolute Gasteiger partial charge is 0.297 e. The van der Waals surface area contributed by atoms with E-state index in [1.54, 1.807) is 17.5 Å². The molecular weight excluding hydrogens is 425 g/mol. The molecule has 1 aromatic carbocycles. The summed E-state index contributed by atoms with van der Waals surface area (Å²) in [5.41, 5.74) is 0.603. The Balaban J connectivity index is 1.69. The lowest BCUT2D eigenvalue weighted by atomic mass is 10.1. The van der Waals surface area contributed by atoms with Gasteiger partial charge in [0.1, 0.15) is 10.8 Å². The molecular formula is C20H20FN5O2S2. The molecule has 2 heterocycles. The summed E-state index contributed by atoms with van der Waals surface area (Å²) in [5, 5.41) is 14.0. The molecule has 156 valence electrons. The van der Waals surface area contributed by atoms with E-state index in [2.05, 4.69) is 34.3 Å². The molecule has 0 saturated carbocycles. The minimum Gasteiger partial charge on any atom is -0.297 e. The molecule has 1 N–H and O–H groups in total. The van der Waals surface area contributed by atoms with Gasteiger partial charge in [-0.3, -0.25) is 19.8 Å². The molecule has 30 heavy (non-hydrogen) atoms. The molecule has 7 nitrogen and oxygen atoms in total. The van der Waals surface area contributed by atoms with E-state index in [0.717, 1.165) is 11.4 Å². The summed E-state index contributed by atoms with van der Waals surface area (Å²) in [6.07, 6.45) is 3.65. The van der Waals surface area contributed by atoms with E-state index < -0.39 is 5.82 Å². The normalized spacial score (nSPS) is 11.2. The van der Waals surface area contributed by atoms with Crippen molar-refractivity contribution in [2.24, 2.45) is 5.92 Å². The van der Waals surface area contributed by atoms with E-state index in [9.17, 15) is 14.0 Å². The second-order valence-corrected chi connectivity index (χ2v) is 8.68. The zero-order valence-corrected chi connectivity index (χ0v) is 18.3. The Hall–Kier alpha value is -2.98. The molecule has 10 heteroatoms. The number of nitrogens with zero attached hydrogens (tertiary/aromatic N) is 4. The second kappa shape index (κ2) is 9.68. The molecule has 0 unspecified atom stereocenters. The van der Waals surface area contributed by atoms with Crippen molar-refractivity contribution < 1.29 is 14.0 Å². The number of hydrogen-bond donors (Lipinski definition) is 1. The first-order valence-electron chi connectivity index (χ1n) is 9.15. The predicted molar refractivity (Wildman–Crippen MR) is 117 cm³/mol. The zero-order valence-electron chi connectivity index (χ0n) is 16.6. The van der Waals surface area contributed by atoms with E-state index in [4.69, 9.17) is 0 Å². The fourth-order valence-corrected chi connectivity index (χ4v) is 4.34. The van der Waals surface area contributed by atoms with Crippen molar-refractivity contribution in [2.45, 2.75) is 27.2 Å². The van der Waals surface area contributed by atoms with Crippen LogP contribution in [0.3, 0.4) is 0 Å². The standard InChI is InChI=1S/C20H20FN5O2S2/c1-12(2)10-18-24-25-19(30-18)23-17(28)9-8-14-11-29-20(22-14)26(13(3)27)16-7-5-4-6-15(16)21/h4-9,11-12H,10H2,1-3H3,(H,23,25,28)/b9-8+. The van der Waals surface area contributed by atoms with Crippen molar-refractivity contribution in [3.05, 3.63) is 52.2 Å². The lowest BCUT2D eigenvalue weighted by molar-refractivity contribution is -0.116. The van der Waals surface area contributed by atoms with Crippen molar-refractivity contribution >= 4 is 56.5 Å². The smallest absolute Gasteiger partial charge is 0.250 e. The van der Waals surface area contributed by atoms with Crippen LogP contribution in [0, 0.1) is 11.7 Å². The van der Waals surface area contributed by atoms with Gasteiger partial charge in [0.2, 0.25) is 16.9 Å². The Labute approximate surface area is 181 Å². The number of rotatable bonds is 7. The molecule has 2 aromatic heterocycles. The predicted octanol–water partition coefficient (Wildman–Crippen LogP) is 4.67. The minimum absolute atomic E-state index is 0.126. The molecule has 0 spiro atoms. The second-order valence-electron chi connectivity index (χ2n) is 6.78. The number of carbonyl (C=O) groups excluding carboxylic acids is 2. The number of halogens is 1. The van der Waals surface area contributed by atoms with Crippen molar-refractivity contribution in [2.75, 3.05) is 10.2 Å². The Bertz CT molecular complexity index is 1080. The summed E-state index contributed by atoms with van der Waals surface area (Å²) in [5.74, 6) is -0.794. The number of anilines is 3. The average molecular weight is 446 g/mol. The lowest BCUT2D eigenvalue weighted by Crippen LogP contribution is -2.23. The molecule has 0 radical (unpaired) electrons. The van der Waals surface area contributed by atoms with Gasteiger partial charge in [0.25, 0.3) is 0 Å². The van der Waals surface area contributed by atoms with E-state index in [0.29, 0.717) is 21.9 Å². The highest BCUT2D eigenvalue weighted by Gasteiger charge is 2.20. The van der Waals surface area contributed by atoms with Gasteiger partial charge in [-0.2, -0.15) is 0 Å². The van der Waals surface area contributed by atoms with Crippen molar-refractivity contribution in [3.63, 3.8) is 0 Å². The summed E-state index contributed by atoms with van der Waals surface area (Å²) in [7, 11) is 0. The first-order valence-corrected chi connectivity index (χ1v) is 10.8. The van der Waals surface area contributed by atoms with Crippen LogP contribution in [0.15, 0.2) is 35.7 Å². The maximum absolute atomic E-state index is 14.1. The van der Waals surface area contributed by atoms with Gasteiger partial charge in [0.05, 0.1) is 11.4 Å². The van der Waals surface area contributed by atoms with Crippen LogP contribution in [-0.2, 0) is 16.0 Å². The van der Waals surface area contributed by atoms with Gasteiger partial charge in [-0.1, -0.05) is 37.3 Å². The van der Waals surface area contributed by atoms with Crippen LogP contribution >= 0.6 is 22.7 Å². The average Bonchev–Trinajstić information content (AvgIpc) is 3.31. The maximum Gasteiger partial charge on any atom is 0.250 e. The number of para-hydroxylation sites is 1. The highest BCUT2D eigenvalue weighted by atomic mass is 32.1. The van der Waals surface area contributed by atoms with Gasteiger partial charge in [0, 0.05) is 24.8 Å². The van der Waals surface area contributed by atoms with Crippen LogP contribution in [0.2, 0.25) is 0 Å². The SMILES string of the molecule is CC(=O)N(c1nc(/C=C/C(=O)Nc2nnc(CC(C)C)s2)cs1)c1ccccc1F. The van der Waals surface area contributed by atoms with Crippen molar-refractivity contribution in [3.8, 4) is 0 Å². The number of aromatic nitrogens is 3. The maximum atomic E-state index is 14.1. The number of carbonyl (C=O) groups is 2. The van der Waals surface area contributed by atoms with Gasteiger partial charge >= 0.3 is 0 Å². The topological polar surface area (TPSA) is 88.1 Å². The third-order valence-corrected chi connectivity index (χ3v) is 5.50. The molecule has 0 bridgehead atoms. The Morgan fingerprint density at radius 2 is 2.03 bits per heavy atom.